The first kappa shape index (κ1) is 25.2. The predicted octanol–water partition coefficient (Wildman–Crippen LogP) is 5.42. The van der Waals surface area contributed by atoms with E-state index in [1.807, 2.05) is 26.0 Å². The number of aromatic nitrogens is 3. The summed E-state index contributed by atoms with van der Waals surface area (Å²) in [4.78, 5) is 25.9. The Hall–Kier alpha value is -3.40. The first-order valence-electron chi connectivity index (χ1n) is 11.0. The molecule has 2 N–H and O–H groups in total. The van der Waals surface area contributed by atoms with E-state index in [1.165, 1.54) is 25.6 Å². The molecule has 10 heteroatoms. The molecule has 182 valence electrons. The van der Waals surface area contributed by atoms with Crippen molar-refractivity contribution in [3.8, 4) is 22.7 Å². The number of aryl methyl sites for hydroxylation is 1. The summed E-state index contributed by atoms with van der Waals surface area (Å²) in [5.74, 6) is 0.965. The monoisotopic (exact) mass is 485 g/mol. The molecule has 0 saturated carbocycles. The number of carbonyl (C=O) groups is 1. The van der Waals surface area contributed by atoms with Crippen LogP contribution in [0.5, 0.6) is 22.7 Å². The fourth-order valence-electron chi connectivity index (χ4n) is 3.00. The van der Waals surface area contributed by atoms with Crippen LogP contribution in [-0.2, 0) is 5.41 Å². The van der Waals surface area contributed by atoms with Gasteiger partial charge in [0.15, 0.2) is 5.69 Å². The fourth-order valence-corrected chi connectivity index (χ4v) is 3.66. The van der Waals surface area contributed by atoms with Gasteiger partial charge < -0.3 is 24.8 Å². The number of nitrogens with zero attached hydrogens (tertiary/aromatic N) is 3. The lowest BCUT2D eigenvalue weighted by molar-refractivity contribution is 0.102. The number of carbonyl (C=O) groups excluding carboxylic acids is 1. The molecule has 1 aromatic carbocycles. The van der Waals surface area contributed by atoms with Gasteiger partial charge in [0.05, 0.1) is 14.2 Å². The maximum absolute atomic E-state index is 12.9. The molecular formula is C24H31N5O4S. The Kier molecular flexibility index (Phi) is 7.93. The summed E-state index contributed by atoms with van der Waals surface area (Å²) < 4.78 is 16.7. The van der Waals surface area contributed by atoms with Crippen molar-refractivity contribution in [2.45, 2.75) is 46.5 Å². The lowest BCUT2D eigenvalue weighted by atomic mass is 9.86. The van der Waals surface area contributed by atoms with Crippen LogP contribution in [0.3, 0.4) is 0 Å². The van der Waals surface area contributed by atoms with Gasteiger partial charge in [-0.15, -0.1) is 0 Å². The van der Waals surface area contributed by atoms with Crippen LogP contribution in [0, 0.1) is 6.92 Å². The number of benzene rings is 1. The topological polar surface area (TPSA) is 107 Å². The Bertz CT molecular complexity index is 1130. The lowest BCUT2D eigenvalue weighted by Crippen LogP contribution is -2.16. The first-order valence-corrected chi connectivity index (χ1v) is 11.8. The highest BCUT2D eigenvalue weighted by atomic mass is 32.1. The minimum absolute atomic E-state index is 0.0124. The molecule has 2 heterocycles. The average molecular weight is 486 g/mol. The van der Waals surface area contributed by atoms with Gasteiger partial charge in [0.1, 0.15) is 11.4 Å². The molecule has 0 saturated heterocycles. The molecule has 1 amide bonds. The van der Waals surface area contributed by atoms with Crippen molar-refractivity contribution < 1.29 is 19.0 Å². The molecule has 34 heavy (non-hydrogen) atoms. The van der Waals surface area contributed by atoms with Crippen molar-refractivity contribution >= 4 is 28.9 Å². The molecule has 9 nitrogen and oxygen atoms in total. The second kappa shape index (κ2) is 10.7. The molecule has 0 aliphatic heterocycles. The van der Waals surface area contributed by atoms with Crippen LogP contribution in [0.2, 0.25) is 0 Å². The maximum atomic E-state index is 12.9. The van der Waals surface area contributed by atoms with Gasteiger partial charge in [0.2, 0.25) is 17.7 Å². The van der Waals surface area contributed by atoms with Gasteiger partial charge in [-0.2, -0.15) is 15.0 Å². The predicted molar refractivity (Wildman–Crippen MR) is 134 cm³/mol. The number of amides is 1. The minimum Gasteiger partial charge on any atom is -0.479 e. The van der Waals surface area contributed by atoms with E-state index in [0.717, 1.165) is 17.5 Å². The summed E-state index contributed by atoms with van der Waals surface area (Å²) in [5, 5.41) is 7.82. The van der Waals surface area contributed by atoms with Crippen molar-refractivity contribution in [1.29, 1.82) is 0 Å². The number of methoxy groups -OCH3 is 2. The molecular weight excluding hydrogens is 454 g/mol. The van der Waals surface area contributed by atoms with Gasteiger partial charge in [-0.25, -0.2) is 0 Å². The molecule has 0 bridgehead atoms. The normalized spacial score (nSPS) is 11.1. The molecule has 3 rings (SSSR count). The number of hydrogen-bond donors (Lipinski definition) is 2. The smallest absolute Gasteiger partial charge is 0.279 e. The van der Waals surface area contributed by atoms with Gasteiger partial charge in [-0.1, -0.05) is 51.2 Å². The van der Waals surface area contributed by atoms with Gasteiger partial charge in [0, 0.05) is 11.9 Å². The van der Waals surface area contributed by atoms with Crippen molar-refractivity contribution in [1.82, 2.24) is 15.0 Å². The van der Waals surface area contributed by atoms with E-state index in [4.69, 9.17) is 14.2 Å². The Morgan fingerprint density at radius 1 is 1.09 bits per heavy atom. The first-order chi connectivity index (χ1) is 16.2. The zero-order chi connectivity index (χ0) is 24.9. The SMILES string of the molecule is CCCNc1nc(OC)c(NC(=O)c2csc(Oc3cc(C(C)(C)C)ccc3C)n2)c(OC)n1. The van der Waals surface area contributed by atoms with Crippen LogP contribution in [0.25, 0.3) is 0 Å². The summed E-state index contributed by atoms with van der Waals surface area (Å²) in [6, 6.07) is 6.13. The Labute approximate surface area is 203 Å². The Morgan fingerprint density at radius 2 is 1.76 bits per heavy atom. The second-order valence-corrected chi connectivity index (χ2v) is 9.47. The highest BCUT2D eigenvalue weighted by molar-refractivity contribution is 7.11. The number of ether oxygens (including phenoxy) is 3. The summed E-state index contributed by atoms with van der Waals surface area (Å²) >= 11 is 1.24. The van der Waals surface area contributed by atoms with E-state index in [-0.39, 0.29) is 28.6 Å². The van der Waals surface area contributed by atoms with Crippen LogP contribution < -0.4 is 24.8 Å². The van der Waals surface area contributed by atoms with Crippen LogP contribution in [-0.4, -0.2) is 41.6 Å². The second-order valence-electron chi connectivity index (χ2n) is 8.65. The quantitative estimate of drug-likeness (QED) is 0.413. The van der Waals surface area contributed by atoms with Gasteiger partial charge in [-0.3, -0.25) is 4.79 Å². The van der Waals surface area contributed by atoms with Gasteiger partial charge in [0.25, 0.3) is 11.1 Å². The van der Waals surface area contributed by atoms with Crippen LogP contribution in [0.1, 0.15) is 55.7 Å². The largest absolute Gasteiger partial charge is 0.479 e. The lowest BCUT2D eigenvalue weighted by Gasteiger charge is -2.20. The maximum Gasteiger partial charge on any atom is 0.279 e. The van der Waals surface area contributed by atoms with Crippen molar-refractivity contribution in [3.63, 3.8) is 0 Å². The average Bonchev–Trinajstić information content (AvgIpc) is 3.27. The molecule has 0 unspecified atom stereocenters. The zero-order valence-electron chi connectivity index (χ0n) is 20.6. The molecule has 0 radical (unpaired) electrons. The van der Waals surface area contributed by atoms with Crippen LogP contribution >= 0.6 is 11.3 Å². The summed E-state index contributed by atoms with van der Waals surface area (Å²) in [7, 11) is 2.92. The van der Waals surface area contributed by atoms with E-state index < -0.39 is 5.91 Å². The minimum atomic E-state index is -0.458. The Balaban J connectivity index is 1.80. The van der Waals surface area contributed by atoms with Crippen molar-refractivity contribution in [2.24, 2.45) is 0 Å². The standard InChI is InChI=1S/C24H31N5O4S/c1-8-11-25-22-28-20(31-6)18(21(29-22)32-7)27-19(30)16-13-34-23(26-16)33-17-12-15(24(3,4)5)10-9-14(17)2/h9-10,12-13H,8,11H2,1-7H3,(H,27,30)(H,25,28,29). The van der Waals surface area contributed by atoms with Crippen LogP contribution in [0.15, 0.2) is 23.6 Å². The summed E-state index contributed by atoms with van der Waals surface area (Å²) in [5.41, 5.74) is 2.54. The third kappa shape index (κ3) is 5.93. The van der Waals surface area contributed by atoms with Crippen molar-refractivity contribution in [2.75, 3.05) is 31.4 Å². The van der Waals surface area contributed by atoms with E-state index in [1.54, 1.807) is 5.38 Å². The van der Waals surface area contributed by atoms with E-state index in [2.05, 4.69) is 52.4 Å². The molecule has 0 spiro atoms. The van der Waals surface area contributed by atoms with Gasteiger partial charge in [-0.05, 0) is 36.0 Å². The van der Waals surface area contributed by atoms with E-state index in [0.29, 0.717) is 23.4 Å². The third-order valence-corrected chi connectivity index (χ3v) is 5.69. The number of hydrogen-bond acceptors (Lipinski definition) is 9. The number of anilines is 2. The van der Waals surface area contributed by atoms with Gasteiger partial charge >= 0.3 is 0 Å². The van der Waals surface area contributed by atoms with Crippen molar-refractivity contribution in [3.05, 3.63) is 40.4 Å². The number of thiazole rings is 1. The van der Waals surface area contributed by atoms with E-state index in [9.17, 15) is 4.79 Å². The Morgan fingerprint density at radius 3 is 2.35 bits per heavy atom. The molecule has 0 atom stereocenters. The number of nitrogens with one attached hydrogen (secondary N) is 2. The molecule has 0 aliphatic carbocycles. The molecule has 0 fully saturated rings. The van der Waals surface area contributed by atoms with Crippen LogP contribution in [0.4, 0.5) is 11.6 Å². The molecule has 0 aliphatic rings. The highest BCUT2D eigenvalue weighted by Gasteiger charge is 2.22. The fraction of sp³-hybridized carbons (Fsp3) is 0.417. The molecule has 3 aromatic rings. The van der Waals surface area contributed by atoms with E-state index >= 15 is 0 Å². The zero-order valence-corrected chi connectivity index (χ0v) is 21.4. The molecule has 2 aromatic heterocycles. The summed E-state index contributed by atoms with van der Waals surface area (Å²) in [6.45, 7) is 11.1. The third-order valence-electron chi connectivity index (χ3n) is 4.97. The number of rotatable bonds is 9. The highest BCUT2D eigenvalue weighted by Crippen LogP contribution is 2.35. The summed E-state index contributed by atoms with van der Waals surface area (Å²) in [6.07, 6.45) is 0.904.